The van der Waals surface area contributed by atoms with Gasteiger partial charge in [0, 0.05) is 11.9 Å². The molecule has 1 heterocycles. The third-order valence-corrected chi connectivity index (χ3v) is 2.51. The minimum absolute atomic E-state index is 0.0799. The molecule has 4 nitrogen and oxygen atoms in total. The number of rotatable bonds is 3. The van der Waals surface area contributed by atoms with Gasteiger partial charge in [-0.15, -0.1) is 0 Å². The Morgan fingerprint density at radius 1 is 1.69 bits per heavy atom. The molecule has 0 bridgehead atoms. The van der Waals surface area contributed by atoms with E-state index < -0.39 is 5.97 Å². The average Bonchev–Trinajstić information content (AvgIpc) is 2.32. The van der Waals surface area contributed by atoms with E-state index in [1.54, 1.807) is 12.3 Å². The third kappa shape index (κ3) is 1.56. The maximum Gasteiger partial charge on any atom is 0.309 e. The van der Waals surface area contributed by atoms with E-state index in [9.17, 15) is 4.79 Å². The van der Waals surface area contributed by atoms with Gasteiger partial charge >= 0.3 is 5.97 Å². The van der Waals surface area contributed by atoms with E-state index in [-0.39, 0.29) is 6.42 Å². The lowest BCUT2D eigenvalue weighted by Gasteiger charge is -2.27. The van der Waals surface area contributed by atoms with Gasteiger partial charge in [-0.2, -0.15) is 5.10 Å². The lowest BCUT2D eigenvalue weighted by Crippen LogP contribution is -2.21. The molecular formula is C9H12N2O2. The van der Waals surface area contributed by atoms with Crippen LogP contribution in [-0.2, 0) is 11.2 Å². The lowest BCUT2D eigenvalue weighted by atomic mass is 9.93. The van der Waals surface area contributed by atoms with E-state index in [1.165, 1.54) is 6.42 Å². The van der Waals surface area contributed by atoms with Crippen LogP contribution in [0.25, 0.3) is 0 Å². The van der Waals surface area contributed by atoms with Crippen LogP contribution in [0.3, 0.4) is 0 Å². The summed E-state index contributed by atoms with van der Waals surface area (Å²) in [5, 5.41) is 12.8. The van der Waals surface area contributed by atoms with Gasteiger partial charge in [-0.25, -0.2) is 0 Å². The molecule has 1 aliphatic carbocycles. The highest BCUT2D eigenvalue weighted by molar-refractivity contribution is 5.69. The molecule has 1 saturated carbocycles. The second-order valence-corrected chi connectivity index (χ2v) is 3.42. The van der Waals surface area contributed by atoms with E-state index in [0.717, 1.165) is 18.5 Å². The molecule has 0 aromatic carbocycles. The van der Waals surface area contributed by atoms with E-state index in [0.29, 0.717) is 6.04 Å². The summed E-state index contributed by atoms with van der Waals surface area (Å²) in [6.45, 7) is 0. The van der Waals surface area contributed by atoms with Gasteiger partial charge in [0.2, 0.25) is 0 Å². The van der Waals surface area contributed by atoms with Crippen molar-refractivity contribution in [1.82, 2.24) is 9.78 Å². The van der Waals surface area contributed by atoms with Crippen LogP contribution in [0.15, 0.2) is 12.3 Å². The quantitative estimate of drug-likeness (QED) is 0.761. The molecule has 0 atom stereocenters. The highest BCUT2D eigenvalue weighted by atomic mass is 16.4. The van der Waals surface area contributed by atoms with Gasteiger partial charge < -0.3 is 5.11 Å². The average molecular weight is 180 g/mol. The van der Waals surface area contributed by atoms with Gasteiger partial charge in [0.05, 0.1) is 12.5 Å². The zero-order valence-electron chi connectivity index (χ0n) is 7.31. The Hall–Kier alpha value is -1.32. The summed E-state index contributed by atoms with van der Waals surface area (Å²) >= 11 is 0. The first-order chi connectivity index (χ1) is 6.27. The minimum atomic E-state index is -0.791. The number of hydrogen-bond donors (Lipinski definition) is 1. The molecule has 0 unspecified atom stereocenters. The van der Waals surface area contributed by atoms with Crippen molar-refractivity contribution in [2.45, 2.75) is 31.7 Å². The Balaban J connectivity index is 2.14. The minimum Gasteiger partial charge on any atom is -0.481 e. The smallest absolute Gasteiger partial charge is 0.309 e. The van der Waals surface area contributed by atoms with Crippen molar-refractivity contribution < 1.29 is 9.90 Å². The van der Waals surface area contributed by atoms with Crippen LogP contribution in [0.5, 0.6) is 0 Å². The Morgan fingerprint density at radius 2 is 2.46 bits per heavy atom. The predicted octanol–water partition coefficient (Wildman–Crippen LogP) is 1.24. The Kier molecular flexibility index (Phi) is 2.04. The Morgan fingerprint density at radius 3 is 3.00 bits per heavy atom. The fourth-order valence-corrected chi connectivity index (χ4v) is 1.60. The second kappa shape index (κ2) is 3.20. The predicted molar refractivity (Wildman–Crippen MR) is 46.5 cm³/mol. The number of carbonyl (C=O) groups is 1. The van der Waals surface area contributed by atoms with Gasteiger partial charge in [-0.3, -0.25) is 9.48 Å². The van der Waals surface area contributed by atoms with Crippen molar-refractivity contribution >= 4 is 5.97 Å². The SMILES string of the molecule is O=C(O)Cc1ccnn1C1CCC1. The highest BCUT2D eigenvalue weighted by Crippen LogP contribution is 2.31. The van der Waals surface area contributed by atoms with E-state index in [2.05, 4.69) is 5.10 Å². The molecule has 1 aromatic heterocycles. The number of carboxylic acids is 1. The molecule has 1 aromatic rings. The van der Waals surface area contributed by atoms with Crippen LogP contribution in [0.2, 0.25) is 0 Å². The zero-order chi connectivity index (χ0) is 9.26. The van der Waals surface area contributed by atoms with Crippen LogP contribution < -0.4 is 0 Å². The maximum absolute atomic E-state index is 10.5. The summed E-state index contributed by atoms with van der Waals surface area (Å²) in [7, 11) is 0. The first-order valence-corrected chi connectivity index (χ1v) is 4.51. The Bertz CT molecular complexity index is 315. The number of carboxylic acid groups (broad SMARTS) is 1. The normalized spacial score (nSPS) is 16.9. The molecule has 1 fully saturated rings. The number of aromatic nitrogens is 2. The van der Waals surface area contributed by atoms with E-state index in [1.807, 2.05) is 4.68 Å². The van der Waals surface area contributed by atoms with Crippen molar-refractivity contribution in [2.24, 2.45) is 0 Å². The van der Waals surface area contributed by atoms with Crippen molar-refractivity contribution in [3.8, 4) is 0 Å². The van der Waals surface area contributed by atoms with Crippen LogP contribution in [0.4, 0.5) is 0 Å². The second-order valence-electron chi connectivity index (χ2n) is 3.42. The molecule has 2 rings (SSSR count). The van der Waals surface area contributed by atoms with Gasteiger partial charge in [-0.1, -0.05) is 0 Å². The molecule has 1 aliphatic rings. The summed E-state index contributed by atoms with van der Waals surface area (Å²) in [4.78, 5) is 10.5. The summed E-state index contributed by atoms with van der Waals surface area (Å²) < 4.78 is 1.86. The topological polar surface area (TPSA) is 55.1 Å². The lowest BCUT2D eigenvalue weighted by molar-refractivity contribution is -0.136. The summed E-state index contributed by atoms with van der Waals surface area (Å²) in [5.74, 6) is -0.791. The van der Waals surface area contributed by atoms with Crippen molar-refractivity contribution in [2.75, 3.05) is 0 Å². The molecule has 70 valence electrons. The monoisotopic (exact) mass is 180 g/mol. The van der Waals surface area contributed by atoms with Crippen molar-refractivity contribution in [1.29, 1.82) is 0 Å². The maximum atomic E-state index is 10.5. The molecule has 4 heteroatoms. The number of hydrogen-bond acceptors (Lipinski definition) is 2. The summed E-state index contributed by atoms with van der Waals surface area (Å²) in [5.41, 5.74) is 0.817. The Labute approximate surface area is 76.2 Å². The van der Waals surface area contributed by atoms with Gasteiger partial charge in [-0.05, 0) is 25.3 Å². The van der Waals surface area contributed by atoms with Crippen molar-refractivity contribution in [3.05, 3.63) is 18.0 Å². The summed E-state index contributed by atoms with van der Waals surface area (Å²) in [6, 6.07) is 2.23. The van der Waals surface area contributed by atoms with Gasteiger partial charge in [0.15, 0.2) is 0 Å². The standard InChI is InChI=1S/C9H12N2O2/c12-9(13)6-8-4-5-10-11(8)7-2-1-3-7/h4-5,7H,1-3,6H2,(H,12,13). The largest absolute Gasteiger partial charge is 0.481 e. The van der Waals surface area contributed by atoms with Gasteiger partial charge in [0.1, 0.15) is 0 Å². The molecule has 13 heavy (non-hydrogen) atoms. The fraction of sp³-hybridized carbons (Fsp3) is 0.556. The van der Waals surface area contributed by atoms with Crippen LogP contribution in [0, 0.1) is 0 Å². The van der Waals surface area contributed by atoms with E-state index >= 15 is 0 Å². The van der Waals surface area contributed by atoms with Crippen molar-refractivity contribution in [3.63, 3.8) is 0 Å². The molecule has 1 N–H and O–H groups in total. The fourth-order valence-electron chi connectivity index (χ4n) is 1.60. The summed E-state index contributed by atoms with van der Waals surface area (Å²) in [6.07, 6.45) is 5.26. The number of aliphatic carboxylic acids is 1. The van der Waals surface area contributed by atoms with Gasteiger partial charge in [0.25, 0.3) is 0 Å². The van der Waals surface area contributed by atoms with E-state index in [4.69, 9.17) is 5.11 Å². The molecule has 0 amide bonds. The molecule has 0 saturated heterocycles. The number of nitrogens with zero attached hydrogens (tertiary/aromatic N) is 2. The molecule has 0 spiro atoms. The van der Waals surface area contributed by atoms with Crippen LogP contribution >= 0.6 is 0 Å². The van der Waals surface area contributed by atoms with Crippen LogP contribution in [0.1, 0.15) is 31.0 Å². The highest BCUT2D eigenvalue weighted by Gasteiger charge is 2.22. The third-order valence-electron chi connectivity index (χ3n) is 2.51. The first-order valence-electron chi connectivity index (χ1n) is 4.51. The molecule has 0 radical (unpaired) electrons. The molecular weight excluding hydrogens is 168 g/mol. The van der Waals surface area contributed by atoms with Crippen LogP contribution in [-0.4, -0.2) is 20.9 Å². The molecule has 0 aliphatic heterocycles. The zero-order valence-corrected chi connectivity index (χ0v) is 7.31. The first kappa shape index (κ1) is 8.29.